The molecule has 1 atom stereocenters. The number of ether oxygens (including phenoxy) is 3. The SMILES string of the molecule is CCOc1cc(/C=c2\sc3n(c2=O)[C@H](c2cccc(OC)c2)C(C(=O)Nc2ccccc2)=C(C)N=3)ccc1OCc1ccccc1C#N. The van der Waals surface area contributed by atoms with Crippen LogP contribution in [0.4, 0.5) is 5.69 Å². The van der Waals surface area contributed by atoms with Crippen molar-refractivity contribution in [3.63, 3.8) is 0 Å². The first kappa shape index (κ1) is 32.0. The van der Waals surface area contributed by atoms with Crippen LogP contribution in [0.15, 0.2) is 118 Å². The number of anilines is 1. The van der Waals surface area contributed by atoms with Crippen molar-refractivity contribution in [1.82, 2.24) is 4.57 Å². The van der Waals surface area contributed by atoms with Gasteiger partial charge in [-0.15, -0.1) is 0 Å². The molecular formula is C38H32N4O5S. The molecule has 0 bridgehead atoms. The number of carbonyl (C=O) groups is 1. The molecule has 240 valence electrons. The lowest BCUT2D eigenvalue weighted by atomic mass is 9.95. The number of nitriles is 1. The van der Waals surface area contributed by atoms with Gasteiger partial charge in [-0.2, -0.15) is 5.26 Å². The standard InChI is InChI=1S/C38H32N4O5S/c1-4-46-32-19-25(17-18-31(32)47-23-28-12-9-8-11-27(28)22-39)20-33-37(44)42-35(26-13-10-16-30(21-26)45-3)34(24(2)40-38(42)48-33)36(43)41-29-14-6-5-7-15-29/h5-21,35H,4,23H2,1-3H3,(H,41,43)/b33-20-/t35-/m1/s1. The van der Waals surface area contributed by atoms with Gasteiger partial charge in [0.1, 0.15) is 12.4 Å². The van der Waals surface area contributed by atoms with Crippen molar-refractivity contribution in [1.29, 1.82) is 5.26 Å². The fourth-order valence-corrected chi connectivity index (χ4v) is 6.57. The molecule has 10 heteroatoms. The van der Waals surface area contributed by atoms with Crippen LogP contribution in [-0.2, 0) is 11.4 Å². The number of hydrogen-bond donors (Lipinski definition) is 1. The maximum atomic E-state index is 14.2. The van der Waals surface area contributed by atoms with Gasteiger partial charge in [0, 0.05) is 11.3 Å². The van der Waals surface area contributed by atoms with E-state index in [0.29, 0.717) is 61.3 Å². The number of nitrogens with one attached hydrogen (secondary N) is 1. The minimum absolute atomic E-state index is 0.200. The highest BCUT2D eigenvalue weighted by Crippen LogP contribution is 2.33. The number of hydrogen-bond acceptors (Lipinski definition) is 8. The van der Waals surface area contributed by atoms with E-state index in [0.717, 1.165) is 11.1 Å². The summed E-state index contributed by atoms with van der Waals surface area (Å²) in [7, 11) is 1.58. The molecule has 1 N–H and O–H groups in total. The van der Waals surface area contributed by atoms with Crippen LogP contribution in [0.2, 0.25) is 0 Å². The van der Waals surface area contributed by atoms with Gasteiger partial charge in [0.05, 0.1) is 47.2 Å². The molecule has 1 aliphatic rings. The summed E-state index contributed by atoms with van der Waals surface area (Å²) in [6, 6.07) is 30.7. The van der Waals surface area contributed by atoms with Crippen molar-refractivity contribution >= 4 is 29.0 Å². The summed E-state index contributed by atoms with van der Waals surface area (Å²) >= 11 is 1.25. The Balaban J connectivity index is 1.40. The second-order valence-corrected chi connectivity index (χ2v) is 11.9. The molecule has 0 saturated carbocycles. The van der Waals surface area contributed by atoms with Crippen molar-refractivity contribution in [3.8, 4) is 23.3 Å². The molecule has 0 unspecified atom stereocenters. The van der Waals surface area contributed by atoms with Crippen LogP contribution in [0.3, 0.4) is 0 Å². The number of methoxy groups -OCH3 is 1. The van der Waals surface area contributed by atoms with E-state index < -0.39 is 6.04 Å². The van der Waals surface area contributed by atoms with Crippen molar-refractivity contribution in [2.45, 2.75) is 26.5 Å². The first-order valence-electron chi connectivity index (χ1n) is 15.3. The summed E-state index contributed by atoms with van der Waals surface area (Å²) in [5.41, 5.74) is 3.99. The number of fused-ring (bicyclic) bond motifs is 1. The molecule has 48 heavy (non-hydrogen) atoms. The Morgan fingerprint density at radius 1 is 1.00 bits per heavy atom. The van der Waals surface area contributed by atoms with Gasteiger partial charge in [0.25, 0.3) is 11.5 Å². The van der Waals surface area contributed by atoms with E-state index in [-0.39, 0.29) is 18.1 Å². The van der Waals surface area contributed by atoms with E-state index in [4.69, 9.17) is 19.2 Å². The third-order valence-corrected chi connectivity index (χ3v) is 8.78. The van der Waals surface area contributed by atoms with Crippen LogP contribution >= 0.6 is 11.3 Å². The highest BCUT2D eigenvalue weighted by molar-refractivity contribution is 7.07. The fraction of sp³-hybridized carbons (Fsp3) is 0.158. The maximum absolute atomic E-state index is 14.2. The Morgan fingerprint density at radius 3 is 2.56 bits per heavy atom. The summed E-state index contributed by atoms with van der Waals surface area (Å²) in [5.74, 6) is 1.29. The van der Waals surface area contributed by atoms with E-state index in [1.165, 1.54) is 11.3 Å². The average Bonchev–Trinajstić information content (AvgIpc) is 3.41. The zero-order valence-electron chi connectivity index (χ0n) is 26.6. The summed E-state index contributed by atoms with van der Waals surface area (Å²) in [5, 5.41) is 12.4. The lowest BCUT2D eigenvalue weighted by Crippen LogP contribution is -2.40. The summed E-state index contributed by atoms with van der Waals surface area (Å²) in [6.07, 6.45) is 1.78. The molecule has 0 radical (unpaired) electrons. The summed E-state index contributed by atoms with van der Waals surface area (Å²) in [4.78, 5) is 33.2. The van der Waals surface area contributed by atoms with Gasteiger partial charge in [0.2, 0.25) is 0 Å². The number of rotatable bonds is 10. The molecule has 1 aliphatic heterocycles. The van der Waals surface area contributed by atoms with Crippen LogP contribution < -0.4 is 34.4 Å². The lowest BCUT2D eigenvalue weighted by Gasteiger charge is -2.25. The van der Waals surface area contributed by atoms with E-state index >= 15 is 0 Å². The highest BCUT2D eigenvalue weighted by atomic mass is 32.1. The Kier molecular flexibility index (Phi) is 9.50. The predicted molar refractivity (Wildman–Crippen MR) is 185 cm³/mol. The number of para-hydroxylation sites is 1. The monoisotopic (exact) mass is 656 g/mol. The number of nitrogens with zero attached hydrogens (tertiary/aromatic N) is 3. The van der Waals surface area contributed by atoms with Crippen LogP contribution in [0.1, 0.15) is 42.1 Å². The predicted octanol–water partition coefficient (Wildman–Crippen LogP) is 5.73. The van der Waals surface area contributed by atoms with Gasteiger partial charge in [-0.3, -0.25) is 14.2 Å². The second-order valence-electron chi connectivity index (χ2n) is 10.9. The molecule has 5 aromatic rings. The number of allylic oxidation sites excluding steroid dienone is 1. The third-order valence-electron chi connectivity index (χ3n) is 7.79. The van der Waals surface area contributed by atoms with Gasteiger partial charge in [-0.05, 0) is 73.5 Å². The van der Waals surface area contributed by atoms with E-state index in [9.17, 15) is 14.9 Å². The number of amides is 1. The van der Waals surface area contributed by atoms with E-state index in [2.05, 4.69) is 11.4 Å². The minimum atomic E-state index is -0.742. The molecule has 0 saturated heterocycles. The van der Waals surface area contributed by atoms with Crippen LogP contribution in [0.5, 0.6) is 17.2 Å². The van der Waals surface area contributed by atoms with Gasteiger partial charge < -0.3 is 19.5 Å². The Morgan fingerprint density at radius 2 is 1.79 bits per heavy atom. The van der Waals surface area contributed by atoms with Crippen molar-refractivity contribution < 1.29 is 19.0 Å². The second kappa shape index (κ2) is 14.2. The van der Waals surface area contributed by atoms with Crippen LogP contribution in [0, 0.1) is 11.3 Å². The lowest BCUT2D eigenvalue weighted by molar-refractivity contribution is -0.113. The van der Waals surface area contributed by atoms with E-state index in [1.807, 2.05) is 91.9 Å². The number of carbonyl (C=O) groups excluding carboxylic acids is 1. The third kappa shape index (κ3) is 6.63. The smallest absolute Gasteiger partial charge is 0.271 e. The average molecular weight is 657 g/mol. The summed E-state index contributed by atoms with van der Waals surface area (Å²) < 4.78 is 19.5. The molecule has 1 amide bonds. The molecule has 0 aliphatic carbocycles. The molecule has 4 aromatic carbocycles. The van der Waals surface area contributed by atoms with E-state index in [1.54, 1.807) is 36.8 Å². The molecule has 9 nitrogen and oxygen atoms in total. The van der Waals surface area contributed by atoms with Gasteiger partial charge in [-0.1, -0.05) is 65.9 Å². The molecular weight excluding hydrogens is 625 g/mol. The molecule has 2 heterocycles. The Hall–Kier alpha value is -5.92. The minimum Gasteiger partial charge on any atom is -0.497 e. The van der Waals surface area contributed by atoms with Crippen LogP contribution in [0.25, 0.3) is 6.08 Å². The molecule has 0 spiro atoms. The Bertz CT molecular complexity index is 2250. The van der Waals surface area contributed by atoms with Gasteiger partial charge in [0.15, 0.2) is 16.3 Å². The van der Waals surface area contributed by atoms with Gasteiger partial charge >= 0.3 is 0 Å². The van der Waals surface area contributed by atoms with Gasteiger partial charge in [-0.25, -0.2) is 4.99 Å². The van der Waals surface area contributed by atoms with Crippen molar-refractivity contribution in [2.24, 2.45) is 4.99 Å². The molecule has 0 fully saturated rings. The molecule has 6 rings (SSSR count). The number of aromatic nitrogens is 1. The first-order chi connectivity index (χ1) is 23.4. The quantitative estimate of drug-likeness (QED) is 0.205. The zero-order chi connectivity index (χ0) is 33.6. The summed E-state index contributed by atoms with van der Waals surface area (Å²) in [6.45, 7) is 4.27. The topological polar surface area (TPSA) is 115 Å². The fourth-order valence-electron chi connectivity index (χ4n) is 5.52. The maximum Gasteiger partial charge on any atom is 0.271 e. The van der Waals surface area contributed by atoms with Crippen molar-refractivity contribution in [3.05, 3.63) is 150 Å². The normalized spacial score (nSPS) is 14.0. The Labute approximate surface area is 281 Å². The molecule has 1 aromatic heterocycles. The van der Waals surface area contributed by atoms with Crippen LogP contribution in [-0.4, -0.2) is 24.2 Å². The zero-order valence-corrected chi connectivity index (χ0v) is 27.4. The van der Waals surface area contributed by atoms with Crippen molar-refractivity contribution in [2.75, 3.05) is 19.0 Å². The first-order valence-corrected chi connectivity index (χ1v) is 16.1. The number of thiazole rings is 1. The number of benzene rings is 4. The highest BCUT2D eigenvalue weighted by Gasteiger charge is 2.32. The largest absolute Gasteiger partial charge is 0.497 e.